The highest BCUT2D eigenvalue weighted by atomic mass is 35.5. The maximum Gasteiger partial charge on any atom is 0.239 e. The monoisotopic (exact) mass is 423 g/mol. The van der Waals surface area contributed by atoms with Crippen molar-refractivity contribution < 1.29 is 9.21 Å². The van der Waals surface area contributed by atoms with Gasteiger partial charge in [-0.15, -0.1) is 5.10 Å². The maximum atomic E-state index is 12.2. The molecule has 0 spiro atoms. The van der Waals surface area contributed by atoms with E-state index in [1.807, 2.05) is 61.5 Å². The summed E-state index contributed by atoms with van der Waals surface area (Å²) in [5.41, 5.74) is 3.24. The van der Waals surface area contributed by atoms with Gasteiger partial charge in [0.25, 0.3) is 0 Å². The van der Waals surface area contributed by atoms with Gasteiger partial charge in [-0.2, -0.15) is 5.10 Å². The van der Waals surface area contributed by atoms with Gasteiger partial charge in [0.1, 0.15) is 11.5 Å². The number of thioether (sulfide) groups is 1. The van der Waals surface area contributed by atoms with Crippen molar-refractivity contribution in [3.63, 3.8) is 0 Å². The molecule has 1 atom stereocenters. The molecule has 1 aromatic heterocycles. The molecule has 146 valence electrons. The summed E-state index contributed by atoms with van der Waals surface area (Å²) < 4.78 is 5.75. The molecule has 0 bridgehead atoms. The lowest BCUT2D eigenvalue weighted by Gasteiger charge is -2.05. The molecule has 0 aliphatic carbocycles. The molecule has 1 saturated heterocycles. The van der Waals surface area contributed by atoms with Crippen molar-refractivity contribution in [2.75, 3.05) is 0 Å². The Morgan fingerprint density at radius 2 is 2.00 bits per heavy atom. The number of amides is 1. The molecule has 1 N–H and O–H groups in total. The first-order valence-corrected chi connectivity index (χ1v) is 10.3. The van der Waals surface area contributed by atoms with Crippen LogP contribution in [0.1, 0.15) is 16.9 Å². The van der Waals surface area contributed by atoms with E-state index in [1.165, 1.54) is 23.5 Å². The van der Waals surface area contributed by atoms with E-state index in [0.29, 0.717) is 22.4 Å². The minimum Gasteiger partial charge on any atom is -0.455 e. The van der Waals surface area contributed by atoms with Gasteiger partial charge >= 0.3 is 0 Å². The topological polar surface area (TPSA) is 67.0 Å². The van der Waals surface area contributed by atoms with Gasteiger partial charge in [0, 0.05) is 10.6 Å². The Morgan fingerprint density at radius 1 is 1.17 bits per heavy atom. The number of rotatable bonds is 5. The highest BCUT2D eigenvalue weighted by Gasteiger charge is 2.30. The molecule has 2 heterocycles. The van der Waals surface area contributed by atoms with Crippen molar-refractivity contribution in [2.45, 2.75) is 18.6 Å². The van der Waals surface area contributed by atoms with Crippen LogP contribution < -0.4 is 5.32 Å². The fraction of sp³-hybridized carbons (Fsp3) is 0.136. The van der Waals surface area contributed by atoms with E-state index in [9.17, 15) is 4.79 Å². The van der Waals surface area contributed by atoms with Gasteiger partial charge in [0.05, 0.1) is 11.5 Å². The minimum atomic E-state index is -0.203. The van der Waals surface area contributed by atoms with Gasteiger partial charge in [-0.05, 0) is 55.3 Å². The third kappa shape index (κ3) is 4.96. The zero-order valence-corrected chi connectivity index (χ0v) is 17.2. The predicted octanol–water partition coefficient (Wildman–Crippen LogP) is 5.07. The second-order valence-corrected chi connectivity index (χ2v) is 8.28. The zero-order valence-electron chi connectivity index (χ0n) is 15.6. The van der Waals surface area contributed by atoms with E-state index in [4.69, 9.17) is 16.0 Å². The zero-order chi connectivity index (χ0) is 20.2. The van der Waals surface area contributed by atoms with Crippen LogP contribution in [0.4, 0.5) is 0 Å². The minimum absolute atomic E-state index is 0.0477. The third-order valence-electron chi connectivity index (χ3n) is 4.37. The molecule has 3 aromatic rings. The van der Waals surface area contributed by atoms with Gasteiger partial charge in [0.2, 0.25) is 5.91 Å². The summed E-state index contributed by atoms with van der Waals surface area (Å²) in [6, 6.07) is 19.3. The Morgan fingerprint density at radius 3 is 2.79 bits per heavy atom. The van der Waals surface area contributed by atoms with E-state index in [-0.39, 0.29) is 11.2 Å². The number of nitrogens with zero attached hydrogens (tertiary/aromatic N) is 2. The lowest BCUT2D eigenvalue weighted by Crippen LogP contribution is -2.25. The van der Waals surface area contributed by atoms with Crippen LogP contribution >= 0.6 is 23.4 Å². The normalized spacial score (nSPS) is 17.9. The Bertz CT molecular complexity index is 1090. The molecular formula is C22H18ClN3O2S. The van der Waals surface area contributed by atoms with Crippen LogP contribution in [0.15, 0.2) is 75.3 Å². The molecular weight excluding hydrogens is 406 g/mol. The molecule has 1 aliphatic rings. The maximum absolute atomic E-state index is 12.2. The van der Waals surface area contributed by atoms with Gasteiger partial charge < -0.3 is 9.73 Å². The molecule has 1 aliphatic heterocycles. The molecule has 4 rings (SSSR count). The summed E-state index contributed by atoms with van der Waals surface area (Å²) in [5, 5.41) is 11.9. The second-order valence-electron chi connectivity index (χ2n) is 6.65. The Balaban J connectivity index is 1.38. The van der Waals surface area contributed by atoms with Crippen molar-refractivity contribution in [1.29, 1.82) is 0 Å². The van der Waals surface area contributed by atoms with E-state index < -0.39 is 0 Å². The van der Waals surface area contributed by atoms with Crippen molar-refractivity contribution in [2.24, 2.45) is 10.2 Å². The number of carbonyl (C=O) groups is 1. The average molecular weight is 424 g/mol. The fourth-order valence-corrected chi connectivity index (χ4v) is 4.06. The number of carbonyl (C=O) groups excluding carboxylic acids is 1. The number of hydrogen-bond donors (Lipinski definition) is 1. The molecule has 0 saturated carbocycles. The number of aryl methyl sites for hydroxylation is 1. The number of amidine groups is 1. The summed E-state index contributed by atoms with van der Waals surface area (Å²) in [5.74, 6) is 1.25. The second kappa shape index (κ2) is 8.68. The summed E-state index contributed by atoms with van der Waals surface area (Å²) in [6.45, 7) is 2.04. The molecule has 5 nitrogen and oxygen atoms in total. The summed E-state index contributed by atoms with van der Waals surface area (Å²) >= 11 is 7.30. The van der Waals surface area contributed by atoms with Crippen LogP contribution in [0.25, 0.3) is 11.3 Å². The van der Waals surface area contributed by atoms with E-state index in [1.54, 1.807) is 0 Å². The predicted molar refractivity (Wildman–Crippen MR) is 119 cm³/mol. The Labute approximate surface area is 177 Å². The van der Waals surface area contributed by atoms with Gasteiger partial charge in [-0.1, -0.05) is 53.2 Å². The lowest BCUT2D eigenvalue weighted by atomic mass is 10.1. The largest absolute Gasteiger partial charge is 0.455 e. The quantitative estimate of drug-likeness (QED) is 0.460. The van der Waals surface area contributed by atoms with Crippen LogP contribution in [0.3, 0.4) is 0 Å². The molecule has 29 heavy (non-hydrogen) atoms. The van der Waals surface area contributed by atoms with Gasteiger partial charge in [0.15, 0.2) is 5.17 Å². The van der Waals surface area contributed by atoms with E-state index >= 15 is 0 Å². The number of hydrogen-bond acceptors (Lipinski definition) is 5. The van der Waals surface area contributed by atoms with Crippen molar-refractivity contribution >= 4 is 40.7 Å². The molecule has 1 amide bonds. The molecule has 7 heteroatoms. The molecule has 1 unspecified atom stereocenters. The summed E-state index contributed by atoms with van der Waals surface area (Å²) in [4.78, 5) is 12.2. The smallest absolute Gasteiger partial charge is 0.239 e. The number of halogens is 1. The standard InChI is InChI=1S/C22H18ClN3O2S/c1-14-3-2-4-15(11-14)12-20-21(27)25-22(29-20)26-24-13-18-9-10-19(28-18)16-5-7-17(23)8-6-16/h2-11,13,20H,12H2,1H3,(H,25,26,27)/b24-13+. The van der Waals surface area contributed by atoms with Crippen LogP contribution in [0.2, 0.25) is 5.02 Å². The van der Waals surface area contributed by atoms with Crippen molar-refractivity contribution in [1.82, 2.24) is 5.32 Å². The molecule has 2 aromatic carbocycles. The molecule has 0 radical (unpaired) electrons. The highest BCUT2D eigenvalue weighted by Crippen LogP contribution is 2.25. The van der Waals surface area contributed by atoms with Crippen LogP contribution in [0.5, 0.6) is 0 Å². The average Bonchev–Trinajstić information content (AvgIpc) is 3.30. The number of benzene rings is 2. The third-order valence-corrected chi connectivity index (χ3v) is 5.69. The lowest BCUT2D eigenvalue weighted by molar-refractivity contribution is -0.118. The number of nitrogens with one attached hydrogen (secondary N) is 1. The van der Waals surface area contributed by atoms with Crippen LogP contribution in [0, 0.1) is 6.92 Å². The first-order chi connectivity index (χ1) is 14.1. The first kappa shape index (κ1) is 19.5. The van der Waals surface area contributed by atoms with Gasteiger partial charge in [-0.25, -0.2) is 0 Å². The summed E-state index contributed by atoms with van der Waals surface area (Å²) in [7, 11) is 0. The molecule has 1 fully saturated rings. The van der Waals surface area contributed by atoms with Gasteiger partial charge in [-0.3, -0.25) is 4.79 Å². The van der Waals surface area contributed by atoms with Crippen LogP contribution in [-0.2, 0) is 11.2 Å². The van der Waals surface area contributed by atoms with Crippen LogP contribution in [-0.4, -0.2) is 22.5 Å². The SMILES string of the molecule is Cc1cccc(CC2S/C(=N/N=C/c3ccc(-c4ccc(Cl)cc4)o3)NC2=O)c1. The van der Waals surface area contributed by atoms with Crippen molar-refractivity contribution in [3.05, 3.63) is 82.6 Å². The fourth-order valence-electron chi connectivity index (χ4n) is 2.97. The highest BCUT2D eigenvalue weighted by molar-refractivity contribution is 8.15. The Hall–Kier alpha value is -2.83. The van der Waals surface area contributed by atoms with E-state index in [2.05, 4.69) is 21.6 Å². The number of furan rings is 1. The first-order valence-electron chi connectivity index (χ1n) is 9.07. The van der Waals surface area contributed by atoms with E-state index in [0.717, 1.165) is 16.9 Å². The van der Waals surface area contributed by atoms with Crippen molar-refractivity contribution in [3.8, 4) is 11.3 Å². The Kier molecular flexibility index (Phi) is 5.83. The summed E-state index contributed by atoms with van der Waals surface area (Å²) in [6.07, 6.45) is 2.18.